The number of anilines is 2. The van der Waals surface area contributed by atoms with Crippen LogP contribution in [-0.4, -0.2) is 21.0 Å². The fourth-order valence-electron chi connectivity index (χ4n) is 1.85. The van der Waals surface area contributed by atoms with Crippen molar-refractivity contribution in [3.05, 3.63) is 46.8 Å². The van der Waals surface area contributed by atoms with Gasteiger partial charge in [0.15, 0.2) is 0 Å². The third-order valence-corrected chi connectivity index (χ3v) is 2.63. The van der Waals surface area contributed by atoms with E-state index in [0.717, 1.165) is 17.0 Å². The summed E-state index contributed by atoms with van der Waals surface area (Å²) in [6.45, 7) is 5.59. The fourth-order valence-corrected chi connectivity index (χ4v) is 1.85. The van der Waals surface area contributed by atoms with Gasteiger partial charge >= 0.3 is 5.97 Å². The van der Waals surface area contributed by atoms with Crippen LogP contribution in [0.2, 0.25) is 0 Å². The van der Waals surface area contributed by atoms with Crippen LogP contribution < -0.4 is 5.32 Å². The van der Waals surface area contributed by atoms with Crippen molar-refractivity contribution in [3.8, 4) is 0 Å². The van der Waals surface area contributed by atoms with Gasteiger partial charge < -0.3 is 10.4 Å². The number of aryl methyl sites for hydroxylation is 3. The monoisotopic (exact) mass is 257 g/mol. The van der Waals surface area contributed by atoms with Crippen molar-refractivity contribution in [2.24, 2.45) is 0 Å². The second-order valence-corrected chi connectivity index (χ2v) is 4.45. The van der Waals surface area contributed by atoms with Gasteiger partial charge in [-0.3, -0.25) is 0 Å². The second kappa shape index (κ2) is 5.06. The number of carboxylic acid groups (broad SMARTS) is 1. The van der Waals surface area contributed by atoms with Gasteiger partial charge in [-0.25, -0.2) is 14.8 Å². The van der Waals surface area contributed by atoms with Gasteiger partial charge in [0.25, 0.3) is 0 Å². The molecule has 0 fully saturated rings. The Kier molecular flexibility index (Phi) is 3.46. The van der Waals surface area contributed by atoms with E-state index in [1.807, 2.05) is 32.9 Å². The molecule has 0 aliphatic heterocycles. The van der Waals surface area contributed by atoms with Gasteiger partial charge in [-0.15, -0.1) is 0 Å². The Balaban J connectivity index is 2.40. The molecule has 0 saturated carbocycles. The SMILES string of the molecule is Cc1ccc(Nc2nc(C)cc(C)n2)c(C(=O)O)c1. The average molecular weight is 257 g/mol. The number of rotatable bonds is 3. The van der Waals surface area contributed by atoms with E-state index in [9.17, 15) is 9.90 Å². The minimum Gasteiger partial charge on any atom is -0.478 e. The van der Waals surface area contributed by atoms with Crippen molar-refractivity contribution in [2.45, 2.75) is 20.8 Å². The molecule has 1 heterocycles. The Labute approximate surface area is 111 Å². The molecule has 0 radical (unpaired) electrons. The number of aromatic carboxylic acids is 1. The first-order chi connectivity index (χ1) is 8.95. The van der Waals surface area contributed by atoms with Crippen molar-refractivity contribution in [2.75, 3.05) is 5.32 Å². The summed E-state index contributed by atoms with van der Waals surface area (Å²) in [6, 6.07) is 7.04. The minimum absolute atomic E-state index is 0.211. The van der Waals surface area contributed by atoms with Crippen molar-refractivity contribution in [1.82, 2.24) is 9.97 Å². The van der Waals surface area contributed by atoms with E-state index in [-0.39, 0.29) is 5.56 Å². The van der Waals surface area contributed by atoms with Gasteiger partial charge in [0, 0.05) is 11.4 Å². The molecule has 0 aliphatic carbocycles. The Morgan fingerprint density at radius 1 is 1.11 bits per heavy atom. The summed E-state index contributed by atoms with van der Waals surface area (Å²) in [5.74, 6) is -0.570. The van der Waals surface area contributed by atoms with Crippen LogP contribution in [0.15, 0.2) is 24.3 Å². The summed E-state index contributed by atoms with van der Waals surface area (Å²) < 4.78 is 0. The van der Waals surface area contributed by atoms with Gasteiger partial charge in [-0.1, -0.05) is 11.6 Å². The summed E-state index contributed by atoms with van der Waals surface area (Å²) in [7, 11) is 0. The molecule has 0 spiro atoms. The van der Waals surface area contributed by atoms with Crippen LogP contribution in [-0.2, 0) is 0 Å². The standard InChI is InChI=1S/C14H15N3O2/c1-8-4-5-12(11(6-8)13(18)19)17-14-15-9(2)7-10(3)16-14/h4-7H,1-3H3,(H,18,19)(H,15,16,17). The molecule has 19 heavy (non-hydrogen) atoms. The molecule has 2 aromatic rings. The first-order valence-corrected chi connectivity index (χ1v) is 5.89. The Bertz CT molecular complexity index is 618. The second-order valence-electron chi connectivity index (χ2n) is 4.45. The van der Waals surface area contributed by atoms with Gasteiger partial charge in [-0.05, 0) is 39.0 Å². The minimum atomic E-state index is -0.976. The molecule has 2 N–H and O–H groups in total. The third kappa shape index (κ3) is 3.07. The molecule has 0 aliphatic rings. The molecule has 2 rings (SSSR count). The van der Waals surface area contributed by atoms with E-state index < -0.39 is 5.97 Å². The molecule has 0 amide bonds. The molecule has 0 bridgehead atoms. The zero-order chi connectivity index (χ0) is 14.0. The van der Waals surface area contributed by atoms with Gasteiger partial charge in [0.05, 0.1) is 11.3 Å². The number of carbonyl (C=O) groups is 1. The molecular formula is C14H15N3O2. The molecule has 1 aromatic heterocycles. The topological polar surface area (TPSA) is 75.1 Å². The predicted molar refractivity (Wildman–Crippen MR) is 72.9 cm³/mol. The molecular weight excluding hydrogens is 242 g/mol. The maximum Gasteiger partial charge on any atom is 0.337 e. The lowest BCUT2D eigenvalue weighted by atomic mass is 10.1. The largest absolute Gasteiger partial charge is 0.478 e. The van der Waals surface area contributed by atoms with Crippen LogP contribution >= 0.6 is 0 Å². The molecule has 98 valence electrons. The lowest BCUT2D eigenvalue weighted by Gasteiger charge is -2.10. The van der Waals surface area contributed by atoms with Crippen molar-refractivity contribution < 1.29 is 9.90 Å². The van der Waals surface area contributed by atoms with E-state index in [4.69, 9.17) is 0 Å². The van der Waals surface area contributed by atoms with Crippen LogP contribution in [0, 0.1) is 20.8 Å². The van der Waals surface area contributed by atoms with Crippen molar-refractivity contribution in [3.63, 3.8) is 0 Å². The average Bonchev–Trinajstić information content (AvgIpc) is 2.30. The number of benzene rings is 1. The Morgan fingerprint density at radius 3 is 2.32 bits per heavy atom. The number of nitrogens with one attached hydrogen (secondary N) is 1. The number of hydrogen-bond donors (Lipinski definition) is 2. The van der Waals surface area contributed by atoms with E-state index in [2.05, 4.69) is 15.3 Å². The molecule has 5 nitrogen and oxygen atoms in total. The summed E-state index contributed by atoms with van der Waals surface area (Å²) in [4.78, 5) is 19.7. The predicted octanol–water partition coefficient (Wildman–Crippen LogP) is 2.84. The Hall–Kier alpha value is -2.43. The lowest BCUT2D eigenvalue weighted by Crippen LogP contribution is -2.06. The van der Waals surface area contributed by atoms with Crippen LogP contribution in [0.5, 0.6) is 0 Å². The lowest BCUT2D eigenvalue weighted by molar-refractivity contribution is 0.0698. The number of carboxylic acids is 1. The highest BCUT2D eigenvalue weighted by atomic mass is 16.4. The van der Waals surface area contributed by atoms with E-state index >= 15 is 0 Å². The number of nitrogens with zero attached hydrogens (tertiary/aromatic N) is 2. The summed E-state index contributed by atoms with van der Waals surface area (Å²) >= 11 is 0. The van der Waals surface area contributed by atoms with Crippen molar-refractivity contribution >= 4 is 17.6 Å². The van der Waals surface area contributed by atoms with Crippen LogP contribution in [0.3, 0.4) is 0 Å². The Morgan fingerprint density at radius 2 is 1.74 bits per heavy atom. The van der Waals surface area contributed by atoms with Gasteiger partial charge in [0.2, 0.25) is 5.95 Å². The summed E-state index contributed by atoms with van der Waals surface area (Å²) in [5.41, 5.74) is 3.26. The van der Waals surface area contributed by atoms with E-state index in [1.54, 1.807) is 12.1 Å². The van der Waals surface area contributed by atoms with E-state index in [1.165, 1.54) is 0 Å². The quantitative estimate of drug-likeness (QED) is 0.884. The van der Waals surface area contributed by atoms with Gasteiger partial charge in [0.1, 0.15) is 0 Å². The highest BCUT2D eigenvalue weighted by Gasteiger charge is 2.11. The van der Waals surface area contributed by atoms with Crippen LogP contribution in [0.4, 0.5) is 11.6 Å². The number of hydrogen-bond acceptors (Lipinski definition) is 4. The highest BCUT2D eigenvalue weighted by Crippen LogP contribution is 2.20. The highest BCUT2D eigenvalue weighted by molar-refractivity contribution is 5.95. The maximum atomic E-state index is 11.2. The normalized spacial score (nSPS) is 10.3. The van der Waals surface area contributed by atoms with Crippen molar-refractivity contribution in [1.29, 1.82) is 0 Å². The van der Waals surface area contributed by atoms with Crippen LogP contribution in [0.25, 0.3) is 0 Å². The molecule has 0 saturated heterocycles. The molecule has 0 unspecified atom stereocenters. The third-order valence-electron chi connectivity index (χ3n) is 2.63. The van der Waals surface area contributed by atoms with Gasteiger partial charge in [-0.2, -0.15) is 0 Å². The molecule has 5 heteroatoms. The zero-order valence-electron chi connectivity index (χ0n) is 11.1. The fraction of sp³-hybridized carbons (Fsp3) is 0.214. The smallest absolute Gasteiger partial charge is 0.337 e. The first-order valence-electron chi connectivity index (χ1n) is 5.89. The van der Waals surface area contributed by atoms with Crippen LogP contribution in [0.1, 0.15) is 27.3 Å². The summed E-state index contributed by atoms with van der Waals surface area (Å²) in [6.07, 6.45) is 0. The maximum absolute atomic E-state index is 11.2. The first kappa shape index (κ1) is 13.0. The number of aromatic nitrogens is 2. The molecule has 0 atom stereocenters. The summed E-state index contributed by atoms with van der Waals surface area (Å²) in [5, 5.41) is 12.2. The zero-order valence-corrected chi connectivity index (χ0v) is 11.1. The molecule has 1 aromatic carbocycles. The van der Waals surface area contributed by atoms with E-state index in [0.29, 0.717) is 11.6 Å².